The zero-order valence-electron chi connectivity index (χ0n) is 13.6. The number of fused-ring (bicyclic) bond motifs is 1. The first-order valence-corrected chi connectivity index (χ1v) is 7.93. The van der Waals surface area contributed by atoms with Gasteiger partial charge in [-0.25, -0.2) is 0 Å². The van der Waals surface area contributed by atoms with Crippen molar-refractivity contribution in [1.29, 1.82) is 0 Å². The van der Waals surface area contributed by atoms with E-state index in [0.29, 0.717) is 18.8 Å². The number of amides is 1. The van der Waals surface area contributed by atoms with Crippen molar-refractivity contribution in [3.8, 4) is 5.75 Å². The molecule has 1 aromatic carbocycles. The summed E-state index contributed by atoms with van der Waals surface area (Å²) in [4.78, 5) is 12.5. The van der Waals surface area contributed by atoms with Crippen LogP contribution in [0.4, 0.5) is 0 Å². The van der Waals surface area contributed by atoms with Crippen molar-refractivity contribution in [3.05, 3.63) is 46.8 Å². The highest BCUT2D eigenvalue weighted by atomic mass is 16.5. The highest BCUT2D eigenvalue weighted by Gasteiger charge is 2.24. The summed E-state index contributed by atoms with van der Waals surface area (Å²) in [5.74, 6) is 0.690. The number of nitrogens with one attached hydrogen (secondary N) is 2. The minimum Gasteiger partial charge on any atom is -0.497 e. The lowest BCUT2D eigenvalue weighted by atomic mass is 10.1. The fraction of sp³-hybridized carbons (Fsp3) is 0.412. The van der Waals surface area contributed by atoms with Crippen molar-refractivity contribution >= 4 is 5.91 Å². The topological polar surface area (TPSA) is 68.2 Å². The van der Waals surface area contributed by atoms with Gasteiger partial charge in [-0.1, -0.05) is 12.1 Å². The van der Waals surface area contributed by atoms with Crippen LogP contribution in [0.1, 0.15) is 34.2 Å². The second-order valence-corrected chi connectivity index (χ2v) is 5.55. The van der Waals surface area contributed by atoms with Crippen molar-refractivity contribution in [2.24, 2.45) is 0 Å². The molecule has 0 fully saturated rings. The van der Waals surface area contributed by atoms with Gasteiger partial charge in [0.1, 0.15) is 5.75 Å². The molecule has 23 heavy (non-hydrogen) atoms. The highest BCUT2D eigenvalue weighted by molar-refractivity contribution is 5.94. The second-order valence-electron chi connectivity index (χ2n) is 5.55. The summed E-state index contributed by atoms with van der Waals surface area (Å²) < 4.78 is 7.08. The van der Waals surface area contributed by atoms with Crippen LogP contribution >= 0.6 is 0 Å². The molecule has 0 atom stereocenters. The molecule has 0 aliphatic carbocycles. The van der Waals surface area contributed by atoms with E-state index in [1.165, 1.54) is 5.69 Å². The van der Waals surface area contributed by atoms with Crippen LogP contribution in [0.2, 0.25) is 0 Å². The lowest BCUT2D eigenvalue weighted by Crippen LogP contribution is -2.28. The number of rotatable bonds is 5. The predicted octanol–water partition coefficient (Wildman–Crippen LogP) is 1.49. The van der Waals surface area contributed by atoms with Gasteiger partial charge in [-0.15, -0.1) is 0 Å². The van der Waals surface area contributed by atoms with Crippen molar-refractivity contribution in [2.75, 3.05) is 13.7 Å². The van der Waals surface area contributed by atoms with Crippen LogP contribution < -0.4 is 15.4 Å². The van der Waals surface area contributed by atoms with E-state index in [0.717, 1.165) is 36.4 Å². The molecule has 3 rings (SSSR count). The van der Waals surface area contributed by atoms with E-state index in [4.69, 9.17) is 4.74 Å². The van der Waals surface area contributed by atoms with Crippen molar-refractivity contribution in [3.63, 3.8) is 0 Å². The third-order valence-electron chi connectivity index (χ3n) is 4.13. The van der Waals surface area contributed by atoms with Gasteiger partial charge in [-0.3, -0.25) is 9.48 Å². The van der Waals surface area contributed by atoms with Crippen LogP contribution in [0.25, 0.3) is 0 Å². The molecule has 6 nitrogen and oxygen atoms in total. The molecule has 2 aromatic rings. The molecule has 122 valence electrons. The molecule has 0 bridgehead atoms. The van der Waals surface area contributed by atoms with E-state index in [1.54, 1.807) is 7.11 Å². The average molecular weight is 314 g/mol. The number of ether oxygens (including phenoxy) is 1. The molecule has 0 saturated carbocycles. The number of carbonyl (C=O) groups excluding carboxylic acids is 1. The quantitative estimate of drug-likeness (QED) is 0.877. The van der Waals surface area contributed by atoms with Gasteiger partial charge < -0.3 is 15.4 Å². The maximum Gasteiger partial charge on any atom is 0.272 e. The van der Waals surface area contributed by atoms with Crippen molar-refractivity contribution in [1.82, 2.24) is 20.4 Å². The van der Waals surface area contributed by atoms with Gasteiger partial charge in [0.2, 0.25) is 0 Å². The third-order valence-corrected chi connectivity index (χ3v) is 4.13. The number of methoxy groups -OCH3 is 1. The summed E-state index contributed by atoms with van der Waals surface area (Å²) in [6.07, 6.45) is 0.919. The first kappa shape index (κ1) is 15.6. The van der Waals surface area contributed by atoms with Gasteiger partial charge in [-0.2, -0.15) is 5.10 Å². The Balaban J connectivity index is 1.71. The lowest BCUT2D eigenvalue weighted by Gasteiger charge is -2.14. The number of hydrogen-bond donors (Lipinski definition) is 2. The minimum absolute atomic E-state index is 0.118. The smallest absolute Gasteiger partial charge is 0.272 e. The van der Waals surface area contributed by atoms with E-state index in [9.17, 15) is 4.79 Å². The van der Waals surface area contributed by atoms with E-state index in [1.807, 2.05) is 35.9 Å². The van der Waals surface area contributed by atoms with Crippen molar-refractivity contribution < 1.29 is 9.53 Å². The van der Waals surface area contributed by atoms with Gasteiger partial charge in [0.15, 0.2) is 5.69 Å². The minimum atomic E-state index is -0.118. The van der Waals surface area contributed by atoms with Crippen LogP contribution in [0, 0.1) is 0 Å². The summed E-state index contributed by atoms with van der Waals surface area (Å²) in [5.41, 5.74) is 3.79. The fourth-order valence-corrected chi connectivity index (χ4v) is 2.87. The van der Waals surface area contributed by atoms with E-state index in [-0.39, 0.29) is 5.91 Å². The first-order valence-electron chi connectivity index (χ1n) is 7.93. The number of carbonyl (C=O) groups is 1. The third kappa shape index (κ3) is 3.22. The second kappa shape index (κ2) is 6.83. The van der Waals surface area contributed by atoms with Crippen LogP contribution in [0.3, 0.4) is 0 Å². The lowest BCUT2D eigenvalue weighted by molar-refractivity contribution is 0.0944. The molecule has 0 spiro atoms. The highest BCUT2D eigenvalue weighted by Crippen LogP contribution is 2.19. The Morgan fingerprint density at radius 1 is 1.39 bits per heavy atom. The van der Waals surface area contributed by atoms with Gasteiger partial charge in [0.25, 0.3) is 5.91 Å². The predicted molar refractivity (Wildman–Crippen MR) is 87.5 cm³/mol. The zero-order chi connectivity index (χ0) is 16.2. The van der Waals surface area contributed by atoms with Crippen LogP contribution in [-0.4, -0.2) is 29.3 Å². The number of nitrogens with zero attached hydrogens (tertiary/aromatic N) is 2. The number of benzene rings is 1. The SMILES string of the molecule is CCn1nc(C(=O)NCc2ccc(OC)cc2)c2c1CCNC2. The molecule has 2 N–H and O–H groups in total. The number of aromatic nitrogens is 2. The fourth-order valence-electron chi connectivity index (χ4n) is 2.87. The van der Waals surface area contributed by atoms with Gasteiger partial charge in [0, 0.05) is 43.9 Å². The number of aryl methyl sites for hydroxylation is 1. The Bertz CT molecular complexity index is 691. The van der Waals surface area contributed by atoms with Crippen molar-refractivity contribution in [2.45, 2.75) is 33.0 Å². The molecule has 1 aromatic heterocycles. The van der Waals surface area contributed by atoms with Crippen LogP contribution in [-0.2, 0) is 26.1 Å². The molecule has 1 amide bonds. The standard InChI is InChI=1S/C17H22N4O2/c1-3-21-15-8-9-18-11-14(15)16(20-21)17(22)19-10-12-4-6-13(23-2)7-5-12/h4-7,18H,3,8-11H2,1-2H3,(H,19,22). The van der Waals surface area contributed by atoms with E-state index >= 15 is 0 Å². The first-order chi connectivity index (χ1) is 11.2. The summed E-state index contributed by atoms with van der Waals surface area (Å²) in [5, 5.41) is 10.8. The Kier molecular flexibility index (Phi) is 4.62. The molecule has 6 heteroatoms. The maximum atomic E-state index is 12.5. The molecule has 0 unspecified atom stereocenters. The Morgan fingerprint density at radius 2 is 2.17 bits per heavy atom. The molecule has 0 radical (unpaired) electrons. The summed E-state index contributed by atoms with van der Waals surface area (Å²) >= 11 is 0. The normalized spacial score (nSPS) is 13.5. The van der Waals surface area contributed by atoms with Gasteiger partial charge in [0.05, 0.1) is 7.11 Å². The molecule has 1 aliphatic rings. The molecule has 2 heterocycles. The van der Waals surface area contributed by atoms with Gasteiger partial charge in [-0.05, 0) is 24.6 Å². The molecule has 1 aliphatic heterocycles. The molecular formula is C17H22N4O2. The van der Waals surface area contributed by atoms with Crippen LogP contribution in [0.5, 0.6) is 5.75 Å². The summed E-state index contributed by atoms with van der Waals surface area (Å²) in [6.45, 7) is 4.96. The van der Waals surface area contributed by atoms with Crippen LogP contribution in [0.15, 0.2) is 24.3 Å². The largest absolute Gasteiger partial charge is 0.497 e. The average Bonchev–Trinajstić information content (AvgIpc) is 2.99. The summed E-state index contributed by atoms with van der Waals surface area (Å²) in [6, 6.07) is 7.67. The van der Waals surface area contributed by atoms with E-state index in [2.05, 4.69) is 15.7 Å². The zero-order valence-corrected chi connectivity index (χ0v) is 13.6. The Hall–Kier alpha value is -2.34. The number of hydrogen-bond acceptors (Lipinski definition) is 4. The molecular weight excluding hydrogens is 292 g/mol. The van der Waals surface area contributed by atoms with Gasteiger partial charge >= 0.3 is 0 Å². The summed E-state index contributed by atoms with van der Waals surface area (Å²) in [7, 11) is 1.64. The Morgan fingerprint density at radius 3 is 2.87 bits per heavy atom. The molecule has 0 saturated heterocycles. The Labute approximate surface area is 135 Å². The van der Waals surface area contributed by atoms with E-state index < -0.39 is 0 Å². The monoisotopic (exact) mass is 314 g/mol. The maximum absolute atomic E-state index is 12.5.